The summed E-state index contributed by atoms with van der Waals surface area (Å²) in [5, 5.41) is 5.89. The molecule has 0 heterocycles. The van der Waals surface area contributed by atoms with Gasteiger partial charge in [-0.05, 0) is 43.7 Å². The Kier molecular flexibility index (Phi) is 7.09. The van der Waals surface area contributed by atoms with Gasteiger partial charge in [-0.25, -0.2) is 0 Å². The summed E-state index contributed by atoms with van der Waals surface area (Å²) in [6, 6.07) is 7.51. The van der Waals surface area contributed by atoms with Crippen molar-refractivity contribution in [1.82, 2.24) is 5.32 Å². The summed E-state index contributed by atoms with van der Waals surface area (Å²) >= 11 is 0. The second-order valence-corrected chi connectivity index (χ2v) is 5.50. The first-order chi connectivity index (χ1) is 9.52. The quantitative estimate of drug-likeness (QED) is 0.768. The molecule has 4 nitrogen and oxygen atoms in total. The Hall–Kier alpha value is -1.55. The molecule has 0 radical (unpaired) electrons. The second kappa shape index (κ2) is 8.59. The highest BCUT2D eigenvalue weighted by Gasteiger charge is 2.11. The van der Waals surface area contributed by atoms with E-state index in [4.69, 9.17) is 4.74 Å². The highest BCUT2D eigenvalue weighted by atomic mass is 16.5. The zero-order chi connectivity index (χ0) is 15.0. The van der Waals surface area contributed by atoms with Gasteiger partial charge in [0.15, 0.2) is 0 Å². The standard InChI is InChI=1S/C16H26N2O2/c1-12(2)9-10-20-15-7-5-14(6-8-15)18-16(19)13(3)11-17-4/h5-8,12-13,17H,9-11H2,1-4H3,(H,18,19). The molecular weight excluding hydrogens is 252 g/mol. The van der Waals surface area contributed by atoms with E-state index in [1.807, 2.05) is 38.2 Å². The molecule has 0 aliphatic heterocycles. The largest absolute Gasteiger partial charge is 0.494 e. The van der Waals surface area contributed by atoms with E-state index in [0.717, 1.165) is 24.5 Å². The van der Waals surface area contributed by atoms with Crippen LogP contribution in [0.2, 0.25) is 0 Å². The zero-order valence-corrected chi connectivity index (χ0v) is 12.9. The number of rotatable bonds is 8. The highest BCUT2D eigenvalue weighted by Crippen LogP contribution is 2.17. The molecule has 112 valence electrons. The lowest BCUT2D eigenvalue weighted by molar-refractivity contribution is -0.119. The first-order valence-electron chi connectivity index (χ1n) is 7.21. The molecule has 0 saturated carbocycles. The van der Waals surface area contributed by atoms with E-state index >= 15 is 0 Å². The Balaban J connectivity index is 2.44. The molecule has 1 rings (SSSR count). The van der Waals surface area contributed by atoms with E-state index in [1.54, 1.807) is 0 Å². The Morgan fingerprint density at radius 1 is 1.20 bits per heavy atom. The Morgan fingerprint density at radius 3 is 2.40 bits per heavy atom. The lowest BCUT2D eigenvalue weighted by atomic mass is 10.1. The van der Waals surface area contributed by atoms with Crippen LogP contribution in [0.4, 0.5) is 5.69 Å². The number of hydrogen-bond acceptors (Lipinski definition) is 3. The molecule has 0 aliphatic rings. The van der Waals surface area contributed by atoms with E-state index in [-0.39, 0.29) is 11.8 Å². The number of nitrogens with one attached hydrogen (secondary N) is 2. The van der Waals surface area contributed by atoms with Crippen molar-refractivity contribution in [2.75, 3.05) is 25.5 Å². The van der Waals surface area contributed by atoms with Gasteiger partial charge in [-0.3, -0.25) is 4.79 Å². The number of ether oxygens (including phenoxy) is 1. The topological polar surface area (TPSA) is 50.4 Å². The third-order valence-corrected chi connectivity index (χ3v) is 3.04. The van der Waals surface area contributed by atoms with Gasteiger partial charge in [-0.15, -0.1) is 0 Å². The molecule has 1 amide bonds. The van der Waals surface area contributed by atoms with Crippen LogP contribution in [0.15, 0.2) is 24.3 Å². The number of hydrogen-bond donors (Lipinski definition) is 2. The van der Waals surface area contributed by atoms with Crippen LogP contribution >= 0.6 is 0 Å². The fourth-order valence-corrected chi connectivity index (χ4v) is 1.71. The number of anilines is 1. The number of benzene rings is 1. The van der Waals surface area contributed by atoms with Crippen LogP contribution in [-0.2, 0) is 4.79 Å². The van der Waals surface area contributed by atoms with Gasteiger partial charge in [-0.2, -0.15) is 0 Å². The van der Waals surface area contributed by atoms with Gasteiger partial charge in [0.2, 0.25) is 5.91 Å². The zero-order valence-electron chi connectivity index (χ0n) is 12.9. The molecule has 0 aromatic heterocycles. The fraction of sp³-hybridized carbons (Fsp3) is 0.562. The molecule has 1 aromatic carbocycles. The first-order valence-corrected chi connectivity index (χ1v) is 7.21. The van der Waals surface area contributed by atoms with E-state index in [2.05, 4.69) is 24.5 Å². The maximum atomic E-state index is 11.9. The van der Waals surface area contributed by atoms with Crippen molar-refractivity contribution in [2.24, 2.45) is 11.8 Å². The van der Waals surface area contributed by atoms with Gasteiger partial charge >= 0.3 is 0 Å². The van der Waals surface area contributed by atoms with Gasteiger partial charge in [0.1, 0.15) is 5.75 Å². The molecule has 1 atom stereocenters. The predicted molar refractivity (Wildman–Crippen MR) is 83.1 cm³/mol. The third-order valence-electron chi connectivity index (χ3n) is 3.04. The summed E-state index contributed by atoms with van der Waals surface area (Å²) in [6.45, 7) is 7.64. The Bertz CT molecular complexity index is 401. The molecule has 4 heteroatoms. The lowest BCUT2D eigenvalue weighted by Crippen LogP contribution is -2.28. The second-order valence-electron chi connectivity index (χ2n) is 5.50. The summed E-state index contributed by atoms with van der Waals surface area (Å²) in [5.41, 5.74) is 0.800. The van der Waals surface area contributed by atoms with Gasteiger partial charge in [0.05, 0.1) is 6.61 Å². The van der Waals surface area contributed by atoms with Crippen LogP contribution in [0.5, 0.6) is 5.75 Å². The molecule has 2 N–H and O–H groups in total. The maximum absolute atomic E-state index is 11.9. The van der Waals surface area contributed by atoms with Crippen molar-refractivity contribution in [1.29, 1.82) is 0 Å². The summed E-state index contributed by atoms with van der Waals surface area (Å²) in [7, 11) is 1.84. The minimum atomic E-state index is -0.0537. The van der Waals surface area contributed by atoms with Gasteiger partial charge in [0, 0.05) is 18.2 Å². The van der Waals surface area contributed by atoms with Gasteiger partial charge in [0.25, 0.3) is 0 Å². The summed E-state index contributed by atoms with van der Waals surface area (Å²) in [5.74, 6) is 1.45. The highest BCUT2D eigenvalue weighted by molar-refractivity contribution is 5.92. The van der Waals surface area contributed by atoms with Crippen molar-refractivity contribution < 1.29 is 9.53 Å². The predicted octanol–water partition coefficient (Wildman–Crippen LogP) is 2.91. The molecule has 20 heavy (non-hydrogen) atoms. The number of amides is 1. The van der Waals surface area contributed by atoms with Crippen LogP contribution in [0, 0.1) is 11.8 Å². The van der Waals surface area contributed by atoms with Crippen LogP contribution in [0.25, 0.3) is 0 Å². The number of carbonyl (C=O) groups is 1. The molecule has 0 fully saturated rings. The molecule has 1 unspecified atom stereocenters. The van der Waals surface area contributed by atoms with E-state index in [0.29, 0.717) is 12.5 Å². The van der Waals surface area contributed by atoms with E-state index in [1.165, 1.54) is 0 Å². The van der Waals surface area contributed by atoms with Crippen molar-refractivity contribution >= 4 is 11.6 Å². The van der Waals surface area contributed by atoms with E-state index < -0.39 is 0 Å². The molecule has 1 aromatic rings. The van der Waals surface area contributed by atoms with Crippen molar-refractivity contribution in [2.45, 2.75) is 27.2 Å². The molecular formula is C16H26N2O2. The average molecular weight is 278 g/mol. The van der Waals surface area contributed by atoms with Crippen molar-refractivity contribution in [3.63, 3.8) is 0 Å². The van der Waals surface area contributed by atoms with Gasteiger partial charge < -0.3 is 15.4 Å². The lowest BCUT2D eigenvalue weighted by Gasteiger charge is -2.12. The Labute approximate surface area is 121 Å². The third kappa shape index (κ3) is 6.06. The normalized spacial score (nSPS) is 12.2. The minimum absolute atomic E-state index is 0.0211. The van der Waals surface area contributed by atoms with Crippen LogP contribution in [-0.4, -0.2) is 26.1 Å². The van der Waals surface area contributed by atoms with Crippen LogP contribution < -0.4 is 15.4 Å². The molecule has 0 aliphatic carbocycles. The van der Waals surface area contributed by atoms with Crippen molar-refractivity contribution in [3.8, 4) is 5.75 Å². The maximum Gasteiger partial charge on any atom is 0.228 e. The van der Waals surface area contributed by atoms with Crippen LogP contribution in [0.1, 0.15) is 27.2 Å². The Morgan fingerprint density at radius 2 is 1.85 bits per heavy atom. The molecule has 0 spiro atoms. The fourth-order valence-electron chi connectivity index (χ4n) is 1.71. The summed E-state index contributed by atoms with van der Waals surface area (Å²) < 4.78 is 5.64. The summed E-state index contributed by atoms with van der Waals surface area (Å²) in [6.07, 6.45) is 1.04. The monoisotopic (exact) mass is 278 g/mol. The SMILES string of the molecule is CNCC(C)C(=O)Nc1ccc(OCCC(C)C)cc1. The first kappa shape index (κ1) is 16.5. The smallest absolute Gasteiger partial charge is 0.228 e. The van der Waals surface area contributed by atoms with Crippen molar-refractivity contribution in [3.05, 3.63) is 24.3 Å². The molecule has 0 saturated heterocycles. The average Bonchev–Trinajstić information content (AvgIpc) is 2.40. The number of carbonyl (C=O) groups excluding carboxylic acids is 1. The van der Waals surface area contributed by atoms with Gasteiger partial charge in [-0.1, -0.05) is 20.8 Å². The summed E-state index contributed by atoms with van der Waals surface area (Å²) in [4.78, 5) is 11.9. The van der Waals surface area contributed by atoms with E-state index in [9.17, 15) is 4.79 Å². The minimum Gasteiger partial charge on any atom is -0.494 e. The van der Waals surface area contributed by atoms with Crippen LogP contribution in [0.3, 0.4) is 0 Å². The molecule has 0 bridgehead atoms.